The average molecular weight is 356 g/mol. The van der Waals surface area contributed by atoms with Crippen LogP contribution >= 0.6 is 11.3 Å². The van der Waals surface area contributed by atoms with Gasteiger partial charge in [0.25, 0.3) is 0 Å². The molecule has 8 heteroatoms. The fourth-order valence-corrected chi connectivity index (χ4v) is 2.88. The first-order valence-electron chi connectivity index (χ1n) is 7.24. The van der Waals surface area contributed by atoms with Crippen molar-refractivity contribution in [1.29, 1.82) is 0 Å². The number of ether oxygens (including phenoxy) is 2. The molecule has 1 amide bonds. The molecular formula is C16H18F2N2O3S. The van der Waals surface area contributed by atoms with Crippen molar-refractivity contribution >= 4 is 22.4 Å². The lowest BCUT2D eigenvalue weighted by atomic mass is 10.1. The maximum atomic E-state index is 12.2. The van der Waals surface area contributed by atoms with Gasteiger partial charge >= 0.3 is 6.61 Å². The van der Waals surface area contributed by atoms with Gasteiger partial charge in [-0.15, -0.1) is 11.3 Å². The van der Waals surface area contributed by atoms with Crippen LogP contribution in [0.15, 0.2) is 24.3 Å². The van der Waals surface area contributed by atoms with Gasteiger partial charge in [-0.1, -0.05) is 0 Å². The Morgan fingerprint density at radius 2 is 2.00 bits per heavy atom. The van der Waals surface area contributed by atoms with Gasteiger partial charge in [0.15, 0.2) is 5.13 Å². The Labute approximate surface area is 142 Å². The predicted octanol–water partition coefficient (Wildman–Crippen LogP) is 4.08. The summed E-state index contributed by atoms with van der Waals surface area (Å²) in [4.78, 5) is 17.2. The van der Waals surface area contributed by atoms with Crippen molar-refractivity contribution < 1.29 is 23.0 Å². The number of thiazole rings is 1. The SMILES string of the molecule is COC(C)CC(=O)Nc1nc(-c2ccc(OC(F)F)cc2)c(C)s1. The molecule has 1 aromatic carbocycles. The number of aromatic nitrogens is 1. The Morgan fingerprint density at radius 3 is 2.58 bits per heavy atom. The minimum atomic E-state index is -2.85. The number of hydrogen-bond donors (Lipinski definition) is 1. The van der Waals surface area contributed by atoms with E-state index in [4.69, 9.17) is 4.74 Å². The number of alkyl halides is 2. The predicted molar refractivity (Wildman–Crippen MR) is 88.6 cm³/mol. The lowest BCUT2D eigenvalue weighted by molar-refractivity contribution is -0.118. The number of benzene rings is 1. The summed E-state index contributed by atoms with van der Waals surface area (Å²) < 4.78 is 33.7. The number of nitrogens with one attached hydrogen (secondary N) is 1. The molecule has 1 heterocycles. The summed E-state index contributed by atoms with van der Waals surface area (Å²) in [6, 6.07) is 6.22. The van der Waals surface area contributed by atoms with Crippen molar-refractivity contribution in [3.05, 3.63) is 29.1 Å². The molecule has 24 heavy (non-hydrogen) atoms. The van der Waals surface area contributed by atoms with Crippen LogP contribution in [0.25, 0.3) is 11.3 Å². The number of halogens is 2. The topological polar surface area (TPSA) is 60.5 Å². The quantitative estimate of drug-likeness (QED) is 0.812. The summed E-state index contributed by atoms with van der Waals surface area (Å²) in [5, 5.41) is 3.23. The average Bonchev–Trinajstić information content (AvgIpc) is 2.87. The van der Waals surface area contributed by atoms with Crippen molar-refractivity contribution in [3.8, 4) is 17.0 Å². The van der Waals surface area contributed by atoms with Crippen molar-refractivity contribution in [3.63, 3.8) is 0 Å². The van der Waals surface area contributed by atoms with E-state index in [0.717, 1.165) is 10.4 Å². The molecule has 0 fully saturated rings. The molecule has 0 spiro atoms. The van der Waals surface area contributed by atoms with E-state index in [1.807, 2.05) is 6.92 Å². The summed E-state index contributed by atoms with van der Waals surface area (Å²) in [5.74, 6) is -0.0888. The van der Waals surface area contributed by atoms with Gasteiger partial charge in [-0.2, -0.15) is 8.78 Å². The van der Waals surface area contributed by atoms with Crippen LogP contribution < -0.4 is 10.1 Å². The van der Waals surface area contributed by atoms with Gasteiger partial charge < -0.3 is 14.8 Å². The van der Waals surface area contributed by atoms with E-state index in [0.29, 0.717) is 10.8 Å². The third kappa shape index (κ3) is 4.97. The number of nitrogens with zero attached hydrogens (tertiary/aromatic N) is 1. The molecule has 5 nitrogen and oxygen atoms in total. The number of hydrogen-bond acceptors (Lipinski definition) is 5. The third-order valence-corrected chi connectivity index (χ3v) is 4.16. The molecule has 0 aliphatic heterocycles. The van der Waals surface area contributed by atoms with Gasteiger partial charge in [-0.05, 0) is 38.1 Å². The number of amides is 1. The molecule has 0 aliphatic rings. The molecule has 130 valence electrons. The number of anilines is 1. The number of carbonyl (C=O) groups is 1. The van der Waals surface area contributed by atoms with Gasteiger partial charge in [-0.3, -0.25) is 4.79 Å². The van der Waals surface area contributed by atoms with Gasteiger partial charge in [0.2, 0.25) is 5.91 Å². The van der Waals surface area contributed by atoms with Crippen LogP contribution in [-0.2, 0) is 9.53 Å². The first-order chi connectivity index (χ1) is 11.4. The molecule has 1 aromatic heterocycles. The minimum absolute atomic E-state index is 0.0868. The summed E-state index contributed by atoms with van der Waals surface area (Å²) in [7, 11) is 1.55. The normalized spacial score (nSPS) is 12.2. The summed E-state index contributed by atoms with van der Waals surface area (Å²) in [5.41, 5.74) is 1.45. The molecule has 0 saturated heterocycles. The van der Waals surface area contributed by atoms with E-state index in [1.54, 1.807) is 26.2 Å². The monoisotopic (exact) mass is 356 g/mol. The van der Waals surface area contributed by atoms with E-state index in [2.05, 4.69) is 15.0 Å². The number of methoxy groups -OCH3 is 1. The fourth-order valence-electron chi connectivity index (χ4n) is 2.03. The molecule has 1 atom stereocenters. The largest absolute Gasteiger partial charge is 0.435 e. The van der Waals surface area contributed by atoms with Gasteiger partial charge in [0.1, 0.15) is 5.75 Å². The Hall–Kier alpha value is -2.06. The van der Waals surface area contributed by atoms with Crippen LogP contribution in [0.2, 0.25) is 0 Å². The summed E-state index contributed by atoms with van der Waals surface area (Å²) in [6.07, 6.45) is 0.0670. The smallest absolute Gasteiger partial charge is 0.387 e. The second-order valence-corrected chi connectivity index (χ2v) is 6.33. The highest BCUT2D eigenvalue weighted by atomic mass is 32.1. The molecule has 1 N–H and O–H groups in total. The summed E-state index contributed by atoms with van der Waals surface area (Å²) >= 11 is 1.35. The van der Waals surface area contributed by atoms with Crippen LogP contribution in [0.1, 0.15) is 18.2 Å². The molecule has 0 radical (unpaired) electrons. The van der Waals surface area contributed by atoms with Crippen LogP contribution in [0.3, 0.4) is 0 Å². The Morgan fingerprint density at radius 1 is 1.33 bits per heavy atom. The molecule has 2 rings (SSSR count). The van der Waals surface area contributed by atoms with E-state index in [9.17, 15) is 13.6 Å². The van der Waals surface area contributed by atoms with Crippen molar-refractivity contribution in [1.82, 2.24) is 4.98 Å². The fraction of sp³-hybridized carbons (Fsp3) is 0.375. The number of rotatable bonds is 7. The van der Waals surface area contributed by atoms with Crippen LogP contribution in [0, 0.1) is 6.92 Å². The van der Waals surface area contributed by atoms with Crippen molar-refractivity contribution in [2.45, 2.75) is 33.0 Å². The highest BCUT2D eigenvalue weighted by Gasteiger charge is 2.14. The molecule has 0 bridgehead atoms. The van der Waals surface area contributed by atoms with E-state index < -0.39 is 6.61 Å². The second kappa shape index (κ2) is 8.16. The minimum Gasteiger partial charge on any atom is -0.435 e. The molecule has 1 unspecified atom stereocenters. The molecule has 2 aromatic rings. The standard InChI is InChI=1S/C16H18F2N2O3S/c1-9(22-3)8-13(21)19-16-20-14(10(2)24-16)11-4-6-12(7-5-11)23-15(17)18/h4-7,9,15H,8H2,1-3H3,(H,19,20,21). The van der Waals surface area contributed by atoms with Gasteiger partial charge in [-0.25, -0.2) is 4.98 Å². The van der Waals surface area contributed by atoms with Crippen LogP contribution in [0.5, 0.6) is 5.75 Å². The maximum absolute atomic E-state index is 12.2. The lowest BCUT2D eigenvalue weighted by Gasteiger charge is -2.07. The van der Waals surface area contributed by atoms with Crippen LogP contribution in [0.4, 0.5) is 13.9 Å². The van der Waals surface area contributed by atoms with Crippen molar-refractivity contribution in [2.75, 3.05) is 12.4 Å². The van der Waals surface area contributed by atoms with E-state index in [-0.39, 0.29) is 24.2 Å². The Bertz CT molecular complexity index is 689. The van der Waals surface area contributed by atoms with Crippen LogP contribution in [-0.4, -0.2) is 30.7 Å². The first-order valence-corrected chi connectivity index (χ1v) is 8.06. The molecule has 0 aliphatic carbocycles. The zero-order valence-corrected chi connectivity index (χ0v) is 14.3. The maximum Gasteiger partial charge on any atom is 0.387 e. The van der Waals surface area contributed by atoms with Crippen molar-refractivity contribution in [2.24, 2.45) is 0 Å². The Balaban J connectivity index is 2.09. The molecule has 0 saturated carbocycles. The van der Waals surface area contributed by atoms with Gasteiger partial charge in [0, 0.05) is 17.6 Å². The zero-order chi connectivity index (χ0) is 17.7. The van der Waals surface area contributed by atoms with E-state index >= 15 is 0 Å². The second-order valence-electron chi connectivity index (χ2n) is 5.13. The molecular weight excluding hydrogens is 338 g/mol. The third-order valence-electron chi connectivity index (χ3n) is 3.27. The number of aryl methyl sites for hydroxylation is 1. The zero-order valence-electron chi connectivity index (χ0n) is 13.5. The Kier molecular flexibility index (Phi) is 6.22. The highest BCUT2D eigenvalue weighted by Crippen LogP contribution is 2.31. The van der Waals surface area contributed by atoms with E-state index in [1.165, 1.54) is 23.5 Å². The lowest BCUT2D eigenvalue weighted by Crippen LogP contribution is -2.18. The summed E-state index contributed by atoms with van der Waals surface area (Å²) in [6.45, 7) is 0.832. The number of carbonyl (C=O) groups excluding carboxylic acids is 1. The highest BCUT2D eigenvalue weighted by molar-refractivity contribution is 7.16. The first kappa shape index (κ1) is 18.3. The van der Waals surface area contributed by atoms with Gasteiger partial charge in [0.05, 0.1) is 18.2 Å².